The normalized spacial score (nSPS) is 19.3. The van der Waals surface area contributed by atoms with Crippen LogP contribution >= 0.6 is 0 Å². The van der Waals surface area contributed by atoms with Crippen LogP contribution in [0, 0.1) is 5.92 Å². The Kier molecular flexibility index (Phi) is 5.06. The zero-order valence-electron chi connectivity index (χ0n) is 14.2. The second-order valence-electron chi connectivity index (χ2n) is 6.85. The average molecular weight is 316 g/mol. The molecule has 0 spiro atoms. The lowest BCUT2D eigenvalue weighted by Gasteiger charge is -2.35. The minimum Gasteiger partial charge on any atom is -0.382 e. The zero-order valence-corrected chi connectivity index (χ0v) is 14.2. The first-order valence-corrected chi connectivity index (χ1v) is 8.77. The first-order chi connectivity index (χ1) is 11.1. The van der Waals surface area contributed by atoms with E-state index in [0.717, 1.165) is 37.6 Å². The van der Waals surface area contributed by atoms with E-state index >= 15 is 0 Å². The van der Waals surface area contributed by atoms with Crippen molar-refractivity contribution in [2.24, 2.45) is 5.92 Å². The predicted molar refractivity (Wildman–Crippen MR) is 95.1 cm³/mol. The highest BCUT2D eigenvalue weighted by Crippen LogP contribution is 2.28. The van der Waals surface area contributed by atoms with Gasteiger partial charge in [0, 0.05) is 25.7 Å². The van der Waals surface area contributed by atoms with E-state index < -0.39 is 0 Å². The third-order valence-corrected chi connectivity index (χ3v) is 5.01. The molecule has 0 saturated carbocycles. The fraction of sp³-hybridized carbons (Fsp3) is 0.611. The summed E-state index contributed by atoms with van der Waals surface area (Å²) >= 11 is 0. The van der Waals surface area contributed by atoms with Crippen LogP contribution in [0.2, 0.25) is 0 Å². The topological polar surface area (TPSA) is 47.6 Å². The summed E-state index contributed by atoms with van der Waals surface area (Å²) in [5.74, 6) is 0.604. The second kappa shape index (κ2) is 7.21. The standard InChI is InChI=1S/C18H28N4O/c1-14(2)21-10-7-15(8-11-21)13-20-18(23)22-12-9-19-16-5-3-4-6-17(16)22/h3-6,14-15,19H,7-13H2,1-2H3,(H,20,23). The zero-order chi connectivity index (χ0) is 16.2. The van der Waals surface area contributed by atoms with E-state index in [4.69, 9.17) is 0 Å². The number of hydrogen-bond donors (Lipinski definition) is 2. The molecule has 1 aromatic carbocycles. The summed E-state index contributed by atoms with van der Waals surface area (Å²) in [6.07, 6.45) is 2.35. The van der Waals surface area contributed by atoms with Crippen LogP contribution < -0.4 is 15.5 Å². The van der Waals surface area contributed by atoms with Gasteiger partial charge in [0.2, 0.25) is 0 Å². The highest BCUT2D eigenvalue weighted by Gasteiger charge is 2.24. The van der Waals surface area contributed by atoms with Crippen molar-refractivity contribution in [3.8, 4) is 0 Å². The van der Waals surface area contributed by atoms with Gasteiger partial charge in [-0.05, 0) is 57.8 Å². The number of nitrogens with one attached hydrogen (secondary N) is 2. The maximum absolute atomic E-state index is 12.6. The number of fused-ring (bicyclic) bond motifs is 1. The molecule has 5 nitrogen and oxygen atoms in total. The molecule has 0 radical (unpaired) electrons. The Morgan fingerprint density at radius 2 is 2.00 bits per heavy atom. The van der Waals surface area contributed by atoms with E-state index in [1.54, 1.807) is 0 Å². The number of para-hydroxylation sites is 2. The van der Waals surface area contributed by atoms with Crippen LogP contribution in [-0.4, -0.2) is 49.7 Å². The van der Waals surface area contributed by atoms with Crippen molar-refractivity contribution in [3.05, 3.63) is 24.3 Å². The number of likely N-dealkylation sites (tertiary alicyclic amines) is 1. The quantitative estimate of drug-likeness (QED) is 0.901. The van der Waals surface area contributed by atoms with E-state index in [2.05, 4.69) is 29.4 Å². The molecule has 2 heterocycles. The summed E-state index contributed by atoms with van der Waals surface area (Å²) in [6, 6.07) is 8.66. The predicted octanol–water partition coefficient (Wildman–Crippen LogP) is 2.75. The van der Waals surface area contributed by atoms with Crippen molar-refractivity contribution in [1.82, 2.24) is 10.2 Å². The molecular weight excluding hydrogens is 288 g/mol. The third kappa shape index (κ3) is 3.78. The number of urea groups is 1. The van der Waals surface area contributed by atoms with Gasteiger partial charge < -0.3 is 15.5 Å². The van der Waals surface area contributed by atoms with Crippen LogP contribution in [0.15, 0.2) is 24.3 Å². The Hall–Kier alpha value is -1.75. The van der Waals surface area contributed by atoms with Gasteiger partial charge in [-0.1, -0.05) is 12.1 Å². The molecule has 126 valence electrons. The average Bonchev–Trinajstić information content (AvgIpc) is 2.59. The molecule has 2 N–H and O–H groups in total. The maximum Gasteiger partial charge on any atom is 0.322 e. The molecule has 0 unspecified atom stereocenters. The lowest BCUT2D eigenvalue weighted by Crippen LogP contribution is -2.47. The van der Waals surface area contributed by atoms with Crippen molar-refractivity contribution in [3.63, 3.8) is 0 Å². The summed E-state index contributed by atoms with van der Waals surface area (Å²) in [5, 5.41) is 6.49. The van der Waals surface area contributed by atoms with E-state index in [-0.39, 0.29) is 6.03 Å². The van der Waals surface area contributed by atoms with E-state index in [9.17, 15) is 4.79 Å². The number of piperidine rings is 1. The van der Waals surface area contributed by atoms with Crippen LogP contribution in [0.3, 0.4) is 0 Å². The number of amides is 2. The van der Waals surface area contributed by atoms with Gasteiger partial charge in [0.1, 0.15) is 0 Å². The molecule has 2 aliphatic heterocycles. The number of rotatable bonds is 3. The van der Waals surface area contributed by atoms with Crippen LogP contribution in [0.5, 0.6) is 0 Å². The Bertz CT molecular complexity index is 538. The number of benzene rings is 1. The molecule has 1 fully saturated rings. The Morgan fingerprint density at radius 1 is 1.26 bits per heavy atom. The van der Waals surface area contributed by atoms with Crippen LogP contribution in [-0.2, 0) is 0 Å². The molecule has 0 aromatic heterocycles. The van der Waals surface area contributed by atoms with Gasteiger partial charge in [-0.3, -0.25) is 4.90 Å². The van der Waals surface area contributed by atoms with Gasteiger partial charge in [-0.15, -0.1) is 0 Å². The van der Waals surface area contributed by atoms with E-state index in [1.807, 2.05) is 29.2 Å². The molecule has 1 aromatic rings. The van der Waals surface area contributed by atoms with Gasteiger partial charge in [-0.25, -0.2) is 4.79 Å². The number of nitrogens with zero attached hydrogens (tertiary/aromatic N) is 2. The molecule has 0 bridgehead atoms. The monoisotopic (exact) mass is 316 g/mol. The molecule has 23 heavy (non-hydrogen) atoms. The van der Waals surface area contributed by atoms with Crippen molar-refractivity contribution < 1.29 is 4.79 Å². The largest absolute Gasteiger partial charge is 0.382 e. The maximum atomic E-state index is 12.6. The lowest BCUT2D eigenvalue weighted by molar-refractivity contribution is 0.149. The van der Waals surface area contributed by atoms with Gasteiger partial charge in [0.25, 0.3) is 0 Å². The third-order valence-electron chi connectivity index (χ3n) is 5.01. The molecule has 2 amide bonds. The van der Waals surface area contributed by atoms with E-state index in [1.165, 1.54) is 12.8 Å². The van der Waals surface area contributed by atoms with Gasteiger partial charge in [0.05, 0.1) is 11.4 Å². The van der Waals surface area contributed by atoms with E-state index in [0.29, 0.717) is 18.5 Å². The molecular formula is C18H28N4O. The summed E-state index contributed by atoms with van der Waals surface area (Å²) in [7, 11) is 0. The minimum atomic E-state index is 0.0326. The molecule has 2 aliphatic rings. The summed E-state index contributed by atoms with van der Waals surface area (Å²) in [6.45, 7) is 9.11. The first kappa shape index (κ1) is 16.1. The molecule has 0 atom stereocenters. The van der Waals surface area contributed by atoms with Crippen molar-refractivity contribution >= 4 is 17.4 Å². The fourth-order valence-corrected chi connectivity index (χ4v) is 3.49. The lowest BCUT2D eigenvalue weighted by atomic mass is 9.96. The van der Waals surface area contributed by atoms with Crippen molar-refractivity contribution in [2.75, 3.05) is 42.9 Å². The van der Waals surface area contributed by atoms with Crippen LogP contribution in [0.4, 0.5) is 16.2 Å². The Balaban J connectivity index is 1.51. The van der Waals surface area contributed by atoms with Crippen molar-refractivity contribution in [1.29, 1.82) is 0 Å². The van der Waals surface area contributed by atoms with Crippen LogP contribution in [0.1, 0.15) is 26.7 Å². The van der Waals surface area contributed by atoms with Crippen molar-refractivity contribution in [2.45, 2.75) is 32.7 Å². The van der Waals surface area contributed by atoms with Gasteiger partial charge in [-0.2, -0.15) is 0 Å². The highest BCUT2D eigenvalue weighted by atomic mass is 16.2. The van der Waals surface area contributed by atoms with Gasteiger partial charge >= 0.3 is 6.03 Å². The Labute approximate surface area is 139 Å². The number of hydrogen-bond acceptors (Lipinski definition) is 3. The summed E-state index contributed by atoms with van der Waals surface area (Å²) in [5.41, 5.74) is 2.02. The Morgan fingerprint density at radius 3 is 2.74 bits per heavy atom. The van der Waals surface area contributed by atoms with Crippen LogP contribution in [0.25, 0.3) is 0 Å². The number of carbonyl (C=O) groups excluding carboxylic acids is 1. The minimum absolute atomic E-state index is 0.0326. The summed E-state index contributed by atoms with van der Waals surface area (Å²) in [4.78, 5) is 16.9. The first-order valence-electron chi connectivity index (χ1n) is 8.77. The molecule has 5 heteroatoms. The smallest absolute Gasteiger partial charge is 0.322 e. The number of carbonyl (C=O) groups is 1. The summed E-state index contributed by atoms with van der Waals surface area (Å²) < 4.78 is 0. The highest BCUT2D eigenvalue weighted by molar-refractivity contribution is 5.96. The molecule has 1 saturated heterocycles. The fourth-order valence-electron chi connectivity index (χ4n) is 3.49. The van der Waals surface area contributed by atoms with Gasteiger partial charge in [0.15, 0.2) is 0 Å². The molecule has 0 aliphatic carbocycles. The number of anilines is 2. The second-order valence-corrected chi connectivity index (χ2v) is 6.85. The molecule has 3 rings (SSSR count). The SMILES string of the molecule is CC(C)N1CCC(CNC(=O)N2CCNc3ccccc32)CC1.